The minimum Gasteiger partial charge on any atom is -0.379 e. The fourth-order valence-corrected chi connectivity index (χ4v) is 3.17. The topological polar surface area (TPSA) is 59.3 Å². The van der Waals surface area contributed by atoms with Crippen LogP contribution in [-0.2, 0) is 19.4 Å². The van der Waals surface area contributed by atoms with Gasteiger partial charge in [-0.3, -0.25) is 4.79 Å². The Morgan fingerprint density at radius 1 is 1.23 bits per heavy atom. The van der Waals surface area contributed by atoms with Crippen LogP contribution in [0.4, 0.5) is 5.69 Å². The quantitative estimate of drug-likeness (QED) is 0.786. The van der Waals surface area contributed by atoms with Crippen molar-refractivity contribution in [3.8, 4) is 0 Å². The summed E-state index contributed by atoms with van der Waals surface area (Å²) in [6, 6.07) is 9.73. The van der Waals surface area contributed by atoms with Gasteiger partial charge < -0.3 is 5.32 Å². The summed E-state index contributed by atoms with van der Waals surface area (Å²) in [5, 5.41) is 8.55. The van der Waals surface area contributed by atoms with Gasteiger partial charge in [-0.25, -0.2) is 4.98 Å². The Labute approximate surface area is 132 Å². The van der Waals surface area contributed by atoms with E-state index >= 15 is 0 Å². The van der Waals surface area contributed by atoms with E-state index in [0.29, 0.717) is 11.5 Å². The van der Waals surface area contributed by atoms with E-state index in [1.165, 1.54) is 21.4 Å². The molecule has 3 rings (SSSR count). The second-order valence-corrected chi connectivity index (χ2v) is 6.03. The smallest absolute Gasteiger partial charge is 0.275 e. The number of anilines is 1. The first kappa shape index (κ1) is 14.7. The maximum absolute atomic E-state index is 12.1. The van der Waals surface area contributed by atoms with Gasteiger partial charge in [0.2, 0.25) is 4.96 Å². The molecule has 1 N–H and O–H groups in total. The average molecular weight is 314 g/mol. The predicted octanol–water partition coefficient (Wildman–Crippen LogP) is 2.89. The zero-order valence-electron chi connectivity index (χ0n) is 12.7. The van der Waals surface area contributed by atoms with E-state index in [2.05, 4.69) is 28.4 Å². The molecule has 0 atom stereocenters. The van der Waals surface area contributed by atoms with Crippen LogP contribution in [0, 0.1) is 0 Å². The lowest BCUT2D eigenvalue weighted by atomic mass is 10.1. The molecule has 2 heterocycles. The zero-order valence-corrected chi connectivity index (χ0v) is 13.5. The Balaban J connectivity index is 1.86. The van der Waals surface area contributed by atoms with Crippen LogP contribution < -0.4 is 10.9 Å². The molecule has 0 saturated carbocycles. The van der Waals surface area contributed by atoms with Gasteiger partial charge in [-0.15, -0.1) is 0 Å². The van der Waals surface area contributed by atoms with Gasteiger partial charge in [-0.05, 0) is 24.5 Å². The minimum absolute atomic E-state index is 0.124. The van der Waals surface area contributed by atoms with Crippen molar-refractivity contribution in [2.45, 2.75) is 33.2 Å². The summed E-state index contributed by atoms with van der Waals surface area (Å²) in [5.74, 6) is 0. The minimum atomic E-state index is -0.124. The molecule has 0 aliphatic heterocycles. The van der Waals surface area contributed by atoms with Gasteiger partial charge in [-0.2, -0.15) is 9.61 Å². The molecule has 114 valence electrons. The molecule has 0 aliphatic carbocycles. The van der Waals surface area contributed by atoms with E-state index in [1.54, 1.807) is 6.07 Å². The first-order chi connectivity index (χ1) is 10.7. The van der Waals surface area contributed by atoms with E-state index < -0.39 is 0 Å². The van der Waals surface area contributed by atoms with E-state index in [9.17, 15) is 4.79 Å². The number of para-hydroxylation sites is 1. The Kier molecular flexibility index (Phi) is 4.20. The first-order valence-electron chi connectivity index (χ1n) is 7.41. The standard InChI is InChI=1S/C16H18N4OS/c1-3-11-7-5-6-8-13(11)17-10-12-9-15(21)20-16(18-12)22-14(4-2)19-20/h5-9,17H,3-4,10H2,1-2H3. The number of aryl methyl sites for hydroxylation is 2. The van der Waals surface area contributed by atoms with Crippen LogP contribution in [0.2, 0.25) is 0 Å². The summed E-state index contributed by atoms with van der Waals surface area (Å²) in [7, 11) is 0. The summed E-state index contributed by atoms with van der Waals surface area (Å²) in [5.41, 5.74) is 2.96. The number of benzene rings is 1. The maximum Gasteiger partial charge on any atom is 0.275 e. The lowest BCUT2D eigenvalue weighted by Crippen LogP contribution is -2.17. The molecular formula is C16H18N4OS. The fraction of sp³-hybridized carbons (Fsp3) is 0.312. The summed E-state index contributed by atoms with van der Waals surface area (Å²) in [4.78, 5) is 17.3. The number of nitrogens with one attached hydrogen (secondary N) is 1. The molecule has 2 aromatic heterocycles. The molecule has 6 heteroatoms. The van der Waals surface area contributed by atoms with Crippen LogP contribution in [0.1, 0.15) is 30.1 Å². The SMILES string of the molecule is CCc1nn2c(=O)cc(CNc3ccccc3CC)nc2s1. The summed E-state index contributed by atoms with van der Waals surface area (Å²) in [6.07, 6.45) is 1.78. The van der Waals surface area contributed by atoms with Crippen molar-refractivity contribution in [2.75, 3.05) is 5.32 Å². The van der Waals surface area contributed by atoms with Crippen molar-refractivity contribution >= 4 is 22.0 Å². The number of aromatic nitrogens is 3. The van der Waals surface area contributed by atoms with Crippen molar-refractivity contribution in [3.05, 3.63) is 57.0 Å². The number of fused-ring (bicyclic) bond motifs is 1. The van der Waals surface area contributed by atoms with E-state index in [0.717, 1.165) is 29.2 Å². The highest BCUT2D eigenvalue weighted by molar-refractivity contribution is 7.16. The fourth-order valence-electron chi connectivity index (χ4n) is 2.32. The number of nitrogens with zero attached hydrogens (tertiary/aromatic N) is 3. The number of hydrogen-bond acceptors (Lipinski definition) is 5. The molecule has 0 amide bonds. The summed E-state index contributed by atoms with van der Waals surface area (Å²) < 4.78 is 1.38. The largest absolute Gasteiger partial charge is 0.379 e. The number of hydrogen-bond donors (Lipinski definition) is 1. The van der Waals surface area contributed by atoms with Gasteiger partial charge in [0.25, 0.3) is 5.56 Å². The van der Waals surface area contributed by atoms with Crippen LogP contribution in [0.25, 0.3) is 4.96 Å². The van der Waals surface area contributed by atoms with Crippen LogP contribution in [0.3, 0.4) is 0 Å². The van der Waals surface area contributed by atoms with Crippen LogP contribution in [0.5, 0.6) is 0 Å². The second-order valence-electron chi connectivity index (χ2n) is 4.99. The molecule has 0 fully saturated rings. The average Bonchev–Trinajstić information content (AvgIpc) is 2.97. The molecule has 0 unspecified atom stereocenters. The first-order valence-corrected chi connectivity index (χ1v) is 8.23. The van der Waals surface area contributed by atoms with Gasteiger partial charge in [0.15, 0.2) is 0 Å². The third-order valence-corrected chi connectivity index (χ3v) is 4.55. The van der Waals surface area contributed by atoms with Gasteiger partial charge in [0, 0.05) is 11.8 Å². The second kappa shape index (κ2) is 6.27. The normalized spacial score (nSPS) is 11.0. The molecule has 3 aromatic rings. The zero-order chi connectivity index (χ0) is 15.5. The van der Waals surface area contributed by atoms with Crippen molar-refractivity contribution < 1.29 is 0 Å². The monoisotopic (exact) mass is 314 g/mol. The highest BCUT2D eigenvalue weighted by Crippen LogP contribution is 2.17. The molecule has 0 saturated heterocycles. The molecule has 0 radical (unpaired) electrons. The highest BCUT2D eigenvalue weighted by atomic mass is 32.1. The lowest BCUT2D eigenvalue weighted by molar-refractivity contribution is 0.846. The third-order valence-electron chi connectivity index (χ3n) is 3.50. The van der Waals surface area contributed by atoms with Gasteiger partial charge in [0.1, 0.15) is 5.01 Å². The molecular weight excluding hydrogens is 296 g/mol. The summed E-state index contributed by atoms with van der Waals surface area (Å²) in [6.45, 7) is 4.68. The van der Waals surface area contributed by atoms with Crippen molar-refractivity contribution in [1.29, 1.82) is 0 Å². The Morgan fingerprint density at radius 2 is 2.05 bits per heavy atom. The molecule has 0 spiro atoms. The van der Waals surface area contributed by atoms with E-state index in [1.807, 2.05) is 25.1 Å². The van der Waals surface area contributed by atoms with Crippen LogP contribution >= 0.6 is 11.3 Å². The molecule has 22 heavy (non-hydrogen) atoms. The molecule has 5 nitrogen and oxygen atoms in total. The predicted molar refractivity (Wildman–Crippen MR) is 89.7 cm³/mol. The molecule has 0 aliphatic rings. The van der Waals surface area contributed by atoms with Gasteiger partial charge in [-0.1, -0.05) is 43.4 Å². The Bertz CT molecular complexity index is 853. The van der Waals surface area contributed by atoms with Gasteiger partial charge in [0.05, 0.1) is 12.2 Å². The van der Waals surface area contributed by atoms with Gasteiger partial charge >= 0.3 is 0 Å². The third kappa shape index (κ3) is 2.87. The highest BCUT2D eigenvalue weighted by Gasteiger charge is 2.08. The summed E-state index contributed by atoms with van der Waals surface area (Å²) >= 11 is 1.47. The molecule has 0 bridgehead atoms. The Hall–Kier alpha value is -2.21. The van der Waals surface area contributed by atoms with Crippen molar-refractivity contribution in [3.63, 3.8) is 0 Å². The lowest BCUT2D eigenvalue weighted by Gasteiger charge is -2.10. The van der Waals surface area contributed by atoms with E-state index in [-0.39, 0.29) is 5.56 Å². The van der Waals surface area contributed by atoms with Crippen LogP contribution in [-0.4, -0.2) is 14.6 Å². The Morgan fingerprint density at radius 3 is 2.82 bits per heavy atom. The van der Waals surface area contributed by atoms with Crippen LogP contribution in [0.15, 0.2) is 35.1 Å². The molecule has 1 aromatic carbocycles. The van der Waals surface area contributed by atoms with Crippen molar-refractivity contribution in [1.82, 2.24) is 14.6 Å². The number of rotatable bonds is 5. The maximum atomic E-state index is 12.1. The van der Waals surface area contributed by atoms with E-state index in [4.69, 9.17) is 0 Å². The van der Waals surface area contributed by atoms with Crippen molar-refractivity contribution in [2.24, 2.45) is 0 Å².